The van der Waals surface area contributed by atoms with Gasteiger partial charge < -0.3 is 14.2 Å². The predicted molar refractivity (Wildman–Crippen MR) is 67.9 cm³/mol. The van der Waals surface area contributed by atoms with Gasteiger partial charge in [-0.05, 0) is 6.92 Å². The molecule has 0 unspecified atom stereocenters. The molecule has 0 aliphatic heterocycles. The number of imidazole rings is 1. The lowest BCUT2D eigenvalue weighted by Crippen LogP contribution is -2.25. The molecule has 0 fully saturated rings. The van der Waals surface area contributed by atoms with Crippen LogP contribution in [0, 0.1) is 0 Å². The van der Waals surface area contributed by atoms with Crippen molar-refractivity contribution in [1.29, 1.82) is 0 Å². The van der Waals surface area contributed by atoms with Crippen molar-refractivity contribution in [1.82, 2.24) is 9.13 Å². The van der Waals surface area contributed by atoms with Crippen molar-refractivity contribution in [3.8, 4) is 0 Å². The number of rotatable bonds is 10. The van der Waals surface area contributed by atoms with Gasteiger partial charge >= 0.3 is 5.69 Å². The summed E-state index contributed by atoms with van der Waals surface area (Å²) in [5, 5.41) is 0. The molecular weight excluding hydrogens is 236 g/mol. The lowest BCUT2D eigenvalue weighted by molar-refractivity contribution is 0.0229. The zero-order chi connectivity index (χ0) is 13.2. The molecule has 18 heavy (non-hydrogen) atoms. The molecule has 1 rings (SSSR count). The molecule has 0 N–H and O–H groups in total. The third-order valence-electron chi connectivity index (χ3n) is 2.54. The maximum absolute atomic E-state index is 11.7. The van der Waals surface area contributed by atoms with E-state index >= 15 is 0 Å². The van der Waals surface area contributed by atoms with Crippen LogP contribution in [0.2, 0.25) is 0 Å². The number of aryl methyl sites for hydroxylation is 1. The highest BCUT2D eigenvalue weighted by Gasteiger charge is 2.00. The van der Waals surface area contributed by atoms with Crippen molar-refractivity contribution < 1.29 is 14.2 Å². The maximum Gasteiger partial charge on any atom is 0.328 e. The van der Waals surface area contributed by atoms with E-state index in [9.17, 15) is 4.79 Å². The van der Waals surface area contributed by atoms with Gasteiger partial charge in [0.2, 0.25) is 0 Å². The zero-order valence-corrected chi connectivity index (χ0v) is 11.1. The molecule has 0 spiro atoms. The highest BCUT2D eigenvalue weighted by Crippen LogP contribution is 1.87. The number of ether oxygens (including phenoxy) is 3. The Hall–Kier alpha value is -1.11. The van der Waals surface area contributed by atoms with Crippen molar-refractivity contribution in [2.75, 3.05) is 40.1 Å². The van der Waals surface area contributed by atoms with Crippen LogP contribution in [0.25, 0.3) is 0 Å². The number of aromatic nitrogens is 2. The van der Waals surface area contributed by atoms with Crippen LogP contribution in [-0.2, 0) is 27.3 Å². The minimum atomic E-state index is 0.0115. The Bertz CT molecular complexity index is 372. The first-order valence-electron chi connectivity index (χ1n) is 6.19. The molecule has 1 aromatic rings. The van der Waals surface area contributed by atoms with Crippen molar-refractivity contribution in [2.45, 2.75) is 20.0 Å². The van der Waals surface area contributed by atoms with Crippen LogP contribution in [0.3, 0.4) is 0 Å². The zero-order valence-electron chi connectivity index (χ0n) is 11.1. The number of hydrogen-bond donors (Lipinski definition) is 0. The summed E-state index contributed by atoms with van der Waals surface area (Å²) in [4.78, 5) is 11.7. The van der Waals surface area contributed by atoms with Crippen LogP contribution in [0.1, 0.15) is 6.92 Å². The van der Waals surface area contributed by atoms with Crippen molar-refractivity contribution in [3.63, 3.8) is 0 Å². The van der Waals surface area contributed by atoms with E-state index in [-0.39, 0.29) is 5.69 Å². The molecule has 0 atom stereocenters. The molecule has 1 aromatic heterocycles. The highest BCUT2D eigenvalue weighted by atomic mass is 16.5. The van der Waals surface area contributed by atoms with Gasteiger partial charge in [-0.15, -0.1) is 0 Å². The molecule has 1 heterocycles. The largest absolute Gasteiger partial charge is 0.382 e. The molecule has 0 aliphatic rings. The molecule has 104 valence electrons. The molecule has 0 bridgehead atoms. The monoisotopic (exact) mass is 258 g/mol. The SMILES string of the molecule is CCn1ccn(CCOCCOCCOC)c1=O. The minimum Gasteiger partial charge on any atom is -0.382 e. The molecule has 0 saturated heterocycles. The Labute approximate surface area is 107 Å². The second kappa shape index (κ2) is 8.91. The summed E-state index contributed by atoms with van der Waals surface area (Å²) in [6.45, 7) is 5.99. The van der Waals surface area contributed by atoms with Gasteiger partial charge in [0, 0.05) is 26.0 Å². The molecular formula is C12H22N2O4. The molecule has 6 nitrogen and oxygen atoms in total. The van der Waals surface area contributed by atoms with Gasteiger partial charge in [0.1, 0.15) is 0 Å². The van der Waals surface area contributed by atoms with Crippen molar-refractivity contribution >= 4 is 0 Å². The Kier molecular flexibility index (Phi) is 7.40. The summed E-state index contributed by atoms with van der Waals surface area (Å²) < 4.78 is 18.8. The molecule has 0 aliphatic carbocycles. The first kappa shape index (κ1) is 14.9. The standard InChI is InChI=1S/C12H22N2O4/c1-3-13-4-5-14(12(13)15)6-7-17-10-11-18-9-8-16-2/h4-5H,3,6-11H2,1-2H3. The molecule has 0 radical (unpaired) electrons. The van der Waals surface area contributed by atoms with E-state index in [4.69, 9.17) is 14.2 Å². The summed E-state index contributed by atoms with van der Waals surface area (Å²) in [5.74, 6) is 0. The van der Waals surface area contributed by atoms with Gasteiger partial charge in [-0.1, -0.05) is 0 Å². The van der Waals surface area contributed by atoms with E-state index in [0.29, 0.717) is 46.1 Å². The summed E-state index contributed by atoms with van der Waals surface area (Å²) in [6, 6.07) is 0. The second-order valence-corrected chi connectivity index (χ2v) is 3.78. The molecule has 0 saturated carbocycles. The van der Waals surface area contributed by atoms with E-state index in [0.717, 1.165) is 0 Å². The van der Waals surface area contributed by atoms with Gasteiger partial charge in [-0.2, -0.15) is 0 Å². The van der Waals surface area contributed by atoms with Crippen molar-refractivity contribution in [3.05, 3.63) is 22.9 Å². The fraction of sp³-hybridized carbons (Fsp3) is 0.750. The van der Waals surface area contributed by atoms with Gasteiger partial charge in [-0.25, -0.2) is 4.79 Å². The third-order valence-corrected chi connectivity index (χ3v) is 2.54. The van der Waals surface area contributed by atoms with E-state index in [1.54, 1.807) is 28.6 Å². The second-order valence-electron chi connectivity index (χ2n) is 3.78. The lowest BCUT2D eigenvalue weighted by atomic mass is 10.6. The lowest BCUT2D eigenvalue weighted by Gasteiger charge is -2.05. The predicted octanol–water partition coefficient (Wildman–Crippen LogP) is 0.349. The Morgan fingerprint density at radius 1 is 1.00 bits per heavy atom. The van der Waals surface area contributed by atoms with Gasteiger partial charge in [-0.3, -0.25) is 9.13 Å². The Morgan fingerprint density at radius 2 is 1.61 bits per heavy atom. The molecule has 0 amide bonds. The Morgan fingerprint density at radius 3 is 2.22 bits per heavy atom. The number of methoxy groups -OCH3 is 1. The summed E-state index contributed by atoms with van der Waals surface area (Å²) in [6.07, 6.45) is 3.57. The number of nitrogens with zero attached hydrogens (tertiary/aromatic N) is 2. The molecule has 6 heteroatoms. The maximum atomic E-state index is 11.7. The van der Waals surface area contributed by atoms with E-state index in [1.165, 1.54) is 0 Å². The van der Waals surface area contributed by atoms with E-state index in [2.05, 4.69) is 0 Å². The summed E-state index contributed by atoms with van der Waals surface area (Å²) in [5.41, 5.74) is 0.0115. The van der Waals surface area contributed by atoms with Gasteiger partial charge in [0.05, 0.1) is 39.6 Å². The quantitative estimate of drug-likeness (QED) is 0.568. The average Bonchev–Trinajstić information content (AvgIpc) is 2.73. The van der Waals surface area contributed by atoms with Gasteiger partial charge in [0.25, 0.3) is 0 Å². The van der Waals surface area contributed by atoms with Crippen LogP contribution >= 0.6 is 0 Å². The first-order valence-corrected chi connectivity index (χ1v) is 6.19. The van der Waals surface area contributed by atoms with Crippen molar-refractivity contribution in [2.24, 2.45) is 0 Å². The summed E-state index contributed by atoms with van der Waals surface area (Å²) in [7, 11) is 1.64. The van der Waals surface area contributed by atoms with Crippen LogP contribution in [-0.4, -0.2) is 49.3 Å². The highest BCUT2D eigenvalue weighted by molar-refractivity contribution is 4.80. The topological polar surface area (TPSA) is 54.6 Å². The smallest absolute Gasteiger partial charge is 0.328 e. The number of hydrogen-bond acceptors (Lipinski definition) is 4. The van der Waals surface area contributed by atoms with Gasteiger partial charge in [0.15, 0.2) is 0 Å². The minimum absolute atomic E-state index is 0.0115. The third kappa shape index (κ3) is 5.03. The van der Waals surface area contributed by atoms with E-state index < -0.39 is 0 Å². The fourth-order valence-corrected chi connectivity index (χ4v) is 1.49. The normalized spacial score (nSPS) is 11.0. The average molecular weight is 258 g/mol. The Balaban J connectivity index is 2.07. The van der Waals surface area contributed by atoms with Crippen LogP contribution < -0.4 is 5.69 Å². The fourth-order valence-electron chi connectivity index (χ4n) is 1.49. The van der Waals surface area contributed by atoms with Crippen LogP contribution in [0.15, 0.2) is 17.2 Å². The molecule has 0 aromatic carbocycles. The first-order chi connectivity index (χ1) is 8.79. The van der Waals surface area contributed by atoms with Crippen LogP contribution in [0.5, 0.6) is 0 Å². The summed E-state index contributed by atoms with van der Waals surface area (Å²) >= 11 is 0. The van der Waals surface area contributed by atoms with E-state index in [1.807, 2.05) is 6.92 Å². The van der Waals surface area contributed by atoms with Crippen LogP contribution in [0.4, 0.5) is 0 Å².